The van der Waals surface area contributed by atoms with E-state index in [2.05, 4.69) is 5.32 Å². The summed E-state index contributed by atoms with van der Waals surface area (Å²) in [5, 5.41) is 2.65. The van der Waals surface area contributed by atoms with E-state index >= 15 is 0 Å². The fourth-order valence-electron chi connectivity index (χ4n) is 1.98. The quantitative estimate of drug-likeness (QED) is 0.453. The summed E-state index contributed by atoms with van der Waals surface area (Å²) in [5.74, 6) is -0.159. The number of anilines is 2. The molecule has 7 heteroatoms. The van der Waals surface area contributed by atoms with Gasteiger partial charge in [0.2, 0.25) is 5.91 Å². The van der Waals surface area contributed by atoms with E-state index in [0.29, 0.717) is 11.3 Å². The zero-order valence-electron chi connectivity index (χ0n) is 12.4. The third-order valence-electron chi connectivity index (χ3n) is 3.00. The first-order valence-corrected chi connectivity index (χ1v) is 8.12. The Morgan fingerprint density at radius 1 is 1.13 bits per heavy atom. The first-order chi connectivity index (χ1) is 10.8. The lowest BCUT2D eigenvalue weighted by Crippen LogP contribution is -2.05. The highest BCUT2D eigenvalue weighted by molar-refractivity contribution is 7.86. The highest BCUT2D eigenvalue weighted by Crippen LogP contribution is 2.21. The van der Waals surface area contributed by atoms with Crippen molar-refractivity contribution in [2.75, 3.05) is 11.1 Å². The maximum atomic E-state index is 11.4. The number of nitrogens with two attached hydrogens (primary N) is 1. The summed E-state index contributed by atoms with van der Waals surface area (Å²) < 4.78 is 32.0. The van der Waals surface area contributed by atoms with Crippen LogP contribution in [0.25, 0.3) is 12.2 Å². The zero-order chi connectivity index (χ0) is 17.0. The molecule has 0 saturated carbocycles. The van der Waals surface area contributed by atoms with Crippen LogP contribution in [0, 0.1) is 0 Å². The van der Waals surface area contributed by atoms with E-state index in [9.17, 15) is 17.8 Å². The van der Waals surface area contributed by atoms with Gasteiger partial charge in [0, 0.05) is 18.3 Å². The summed E-state index contributed by atoms with van der Waals surface area (Å²) in [7, 11) is -4.36. The van der Waals surface area contributed by atoms with E-state index in [4.69, 9.17) is 5.73 Å². The second kappa shape index (κ2) is 6.64. The first-order valence-electron chi connectivity index (χ1n) is 6.68. The van der Waals surface area contributed by atoms with Gasteiger partial charge >= 0.3 is 0 Å². The van der Waals surface area contributed by atoms with Crippen molar-refractivity contribution in [1.82, 2.24) is 0 Å². The molecular weight excluding hydrogens is 316 g/mol. The van der Waals surface area contributed by atoms with E-state index in [0.717, 1.165) is 5.56 Å². The van der Waals surface area contributed by atoms with E-state index in [1.165, 1.54) is 19.1 Å². The fraction of sp³-hybridized carbons (Fsp3) is 0.0625. The summed E-state index contributed by atoms with van der Waals surface area (Å²) in [6.45, 7) is 1.42. The minimum atomic E-state index is -4.36. The van der Waals surface area contributed by atoms with E-state index in [1.807, 2.05) is 0 Å². The van der Waals surface area contributed by atoms with Crippen molar-refractivity contribution in [3.05, 3.63) is 53.6 Å². The van der Waals surface area contributed by atoms with Crippen molar-refractivity contribution in [2.24, 2.45) is 0 Å². The Hall–Kier alpha value is -2.64. The van der Waals surface area contributed by atoms with Crippen LogP contribution in [0.3, 0.4) is 0 Å². The standard InChI is InChI=1S/C16H16N2O4S/c1-11(19)18-15-8-3-12(4-9-15)2-5-13-6-7-14(17)10-16(13)23(20,21)22/h2-10H,17H2,1H3,(H,18,19)(H,20,21,22). The van der Waals surface area contributed by atoms with Crippen LogP contribution in [0.1, 0.15) is 18.1 Å². The zero-order valence-corrected chi connectivity index (χ0v) is 13.2. The molecule has 1 amide bonds. The minimum Gasteiger partial charge on any atom is -0.399 e. The molecule has 6 nitrogen and oxygen atoms in total. The Kier molecular flexibility index (Phi) is 4.83. The van der Waals surface area contributed by atoms with Crippen LogP contribution in [0.2, 0.25) is 0 Å². The highest BCUT2D eigenvalue weighted by Gasteiger charge is 2.14. The third-order valence-corrected chi connectivity index (χ3v) is 3.91. The molecule has 0 unspecified atom stereocenters. The average molecular weight is 332 g/mol. The van der Waals surface area contributed by atoms with Gasteiger partial charge in [0.15, 0.2) is 0 Å². The third kappa shape index (κ3) is 4.67. The number of amides is 1. The molecular formula is C16H16N2O4S. The Morgan fingerprint density at radius 3 is 2.35 bits per heavy atom. The maximum Gasteiger partial charge on any atom is 0.295 e. The fourth-order valence-corrected chi connectivity index (χ4v) is 2.70. The number of nitrogens with one attached hydrogen (secondary N) is 1. The number of carbonyl (C=O) groups is 1. The largest absolute Gasteiger partial charge is 0.399 e. The van der Waals surface area contributed by atoms with Gasteiger partial charge in [0.25, 0.3) is 10.1 Å². The second-order valence-electron chi connectivity index (χ2n) is 4.91. The molecule has 0 aliphatic rings. The minimum absolute atomic E-state index is 0.159. The van der Waals surface area contributed by atoms with Crippen LogP contribution in [0.4, 0.5) is 11.4 Å². The summed E-state index contributed by atoms with van der Waals surface area (Å²) in [6.07, 6.45) is 3.26. The molecule has 2 aromatic carbocycles. The predicted molar refractivity (Wildman–Crippen MR) is 90.3 cm³/mol. The van der Waals surface area contributed by atoms with E-state index in [1.54, 1.807) is 42.5 Å². The summed E-state index contributed by atoms with van der Waals surface area (Å²) in [6, 6.07) is 11.3. The molecule has 0 heterocycles. The Balaban J connectivity index is 2.29. The van der Waals surface area contributed by atoms with Gasteiger partial charge in [-0.05, 0) is 35.4 Å². The molecule has 0 saturated heterocycles. The lowest BCUT2D eigenvalue weighted by atomic mass is 10.1. The van der Waals surface area contributed by atoms with Crippen molar-refractivity contribution in [3.63, 3.8) is 0 Å². The van der Waals surface area contributed by atoms with Gasteiger partial charge in [-0.3, -0.25) is 9.35 Å². The van der Waals surface area contributed by atoms with Crippen LogP contribution in [-0.2, 0) is 14.9 Å². The van der Waals surface area contributed by atoms with Crippen LogP contribution in [0.5, 0.6) is 0 Å². The highest BCUT2D eigenvalue weighted by atomic mass is 32.2. The van der Waals surface area contributed by atoms with Crippen LogP contribution in [0.15, 0.2) is 47.4 Å². The van der Waals surface area contributed by atoms with Crippen molar-refractivity contribution in [2.45, 2.75) is 11.8 Å². The van der Waals surface area contributed by atoms with Gasteiger partial charge in [-0.15, -0.1) is 0 Å². The molecule has 2 aromatic rings. The molecule has 120 valence electrons. The second-order valence-corrected chi connectivity index (χ2v) is 6.30. The Bertz CT molecular complexity index is 856. The molecule has 0 bridgehead atoms. The van der Waals surface area contributed by atoms with Crippen LogP contribution in [-0.4, -0.2) is 18.9 Å². The van der Waals surface area contributed by atoms with Crippen LogP contribution >= 0.6 is 0 Å². The Morgan fingerprint density at radius 2 is 1.78 bits per heavy atom. The van der Waals surface area contributed by atoms with Crippen molar-refractivity contribution >= 4 is 39.6 Å². The molecule has 2 rings (SSSR count). The van der Waals surface area contributed by atoms with Gasteiger partial charge in [0.1, 0.15) is 4.90 Å². The number of carbonyl (C=O) groups excluding carboxylic acids is 1. The number of hydrogen-bond donors (Lipinski definition) is 3. The molecule has 0 fully saturated rings. The van der Waals surface area contributed by atoms with Gasteiger partial charge in [0.05, 0.1) is 0 Å². The molecule has 4 N–H and O–H groups in total. The van der Waals surface area contributed by atoms with Gasteiger partial charge in [-0.2, -0.15) is 8.42 Å². The monoisotopic (exact) mass is 332 g/mol. The van der Waals surface area contributed by atoms with Gasteiger partial charge in [-0.1, -0.05) is 30.4 Å². The molecule has 0 aliphatic heterocycles. The number of nitrogen functional groups attached to an aromatic ring is 1. The maximum absolute atomic E-state index is 11.4. The summed E-state index contributed by atoms with van der Waals surface area (Å²) >= 11 is 0. The lowest BCUT2D eigenvalue weighted by molar-refractivity contribution is -0.114. The van der Waals surface area contributed by atoms with Gasteiger partial charge < -0.3 is 11.1 Å². The first kappa shape index (κ1) is 16.7. The topological polar surface area (TPSA) is 109 Å². The predicted octanol–water partition coefficient (Wildman–Crippen LogP) is 2.64. The molecule has 23 heavy (non-hydrogen) atoms. The van der Waals surface area contributed by atoms with E-state index in [-0.39, 0.29) is 16.5 Å². The summed E-state index contributed by atoms with van der Waals surface area (Å²) in [4.78, 5) is 10.7. The number of benzene rings is 2. The smallest absolute Gasteiger partial charge is 0.295 e. The lowest BCUT2D eigenvalue weighted by Gasteiger charge is -2.05. The van der Waals surface area contributed by atoms with Gasteiger partial charge in [-0.25, -0.2) is 0 Å². The average Bonchev–Trinajstić information content (AvgIpc) is 2.46. The van der Waals surface area contributed by atoms with Crippen molar-refractivity contribution in [1.29, 1.82) is 0 Å². The van der Waals surface area contributed by atoms with Crippen molar-refractivity contribution < 1.29 is 17.8 Å². The number of hydrogen-bond acceptors (Lipinski definition) is 4. The van der Waals surface area contributed by atoms with Crippen molar-refractivity contribution in [3.8, 4) is 0 Å². The van der Waals surface area contributed by atoms with E-state index < -0.39 is 10.1 Å². The molecule has 0 aromatic heterocycles. The Labute approximate surface area is 134 Å². The summed E-state index contributed by atoms with van der Waals surface area (Å²) in [5.41, 5.74) is 7.60. The van der Waals surface area contributed by atoms with Crippen LogP contribution < -0.4 is 11.1 Å². The number of rotatable bonds is 4. The SMILES string of the molecule is CC(=O)Nc1ccc(C=Cc2ccc(N)cc2S(=O)(=O)O)cc1. The molecule has 0 radical (unpaired) electrons. The molecule has 0 aliphatic carbocycles. The molecule has 0 atom stereocenters. The molecule has 0 spiro atoms. The normalized spacial score (nSPS) is 11.6.